The third-order valence-corrected chi connectivity index (χ3v) is 19.6. The minimum Gasteiger partial charge on any atom is -0.394 e. The van der Waals surface area contributed by atoms with Crippen LogP contribution in [0.15, 0.2) is 11.6 Å². The molecule has 73 heavy (non-hydrogen) atoms. The average Bonchev–Trinajstić information content (AvgIpc) is 3.77. The first-order valence-corrected chi connectivity index (χ1v) is 26.5. The third kappa shape index (κ3) is 9.12. The number of ether oxygens (including phenoxy) is 10. The second-order valence-electron chi connectivity index (χ2n) is 23.6. The van der Waals surface area contributed by atoms with E-state index in [9.17, 15) is 66.4 Å². The van der Waals surface area contributed by atoms with Gasteiger partial charge in [-0.05, 0) is 68.1 Å². The van der Waals surface area contributed by atoms with Crippen LogP contribution in [0.5, 0.6) is 0 Å². The van der Waals surface area contributed by atoms with Crippen LogP contribution in [-0.4, -0.2) is 240 Å². The molecular weight excluding hydrogens is 969 g/mol. The fourth-order valence-electron chi connectivity index (χ4n) is 15.2. The Labute approximate surface area is 423 Å². The SMILES string of the molecule is C[C@@H]1CC[C@@]2(OC1)O[C@H]1C[C@@]3(O)[C@@H]4CC=C5C[C@@H](O[C@@H]6O[C@H](CO)[C@H](O[C@@H]7O[C@H](CO)[C@@H](O)[C@H](O[C@@H]8OC[C@@H](O)[C@H](O)[C@H]8O)[C@H]7O[C@@H]7O[C@H](CO)[C@@H](O)[C@H](O)[C@H]7O)[C@H](O)[C@H]6O)CC[C@]5(C)[C@H]4CC[C@]3(C)[C@H]1[C@@H]2C. The van der Waals surface area contributed by atoms with Gasteiger partial charge in [0, 0.05) is 30.1 Å². The van der Waals surface area contributed by atoms with Crippen LogP contribution in [0.1, 0.15) is 85.5 Å². The zero-order valence-electron chi connectivity index (χ0n) is 41.9. The van der Waals surface area contributed by atoms with Gasteiger partial charge in [0.25, 0.3) is 0 Å². The van der Waals surface area contributed by atoms with Gasteiger partial charge in [0.1, 0.15) is 91.6 Å². The molecule has 9 fully saturated rings. The Bertz CT molecular complexity index is 1940. The zero-order chi connectivity index (χ0) is 52.3. The molecule has 4 aliphatic carbocycles. The van der Waals surface area contributed by atoms with Gasteiger partial charge in [-0.2, -0.15) is 0 Å². The molecule has 3 saturated carbocycles. The van der Waals surface area contributed by atoms with Gasteiger partial charge in [-0.1, -0.05) is 39.3 Å². The molecule has 1 spiro atoms. The van der Waals surface area contributed by atoms with Crippen LogP contribution in [0.25, 0.3) is 0 Å². The van der Waals surface area contributed by atoms with Crippen molar-refractivity contribution in [2.24, 2.45) is 40.4 Å². The Balaban J connectivity index is 0.833. The van der Waals surface area contributed by atoms with E-state index in [1.165, 1.54) is 5.57 Å². The van der Waals surface area contributed by atoms with Crippen LogP contribution in [0, 0.1) is 40.4 Å². The van der Waals surface area contributed by atoms with Gasteiger partial charge in [-0.3, -0.25) is 0 Å². The first kappa shape index (κ1) is 55.1. The quantitative estimate of drug-likeness (QED) is 0.0905. The molecule has 6 aliphatic heterocycles. The van der Waals surface area contributed by atoms with Crippen LogP contribution in [-0.2, 0) is 47.4 Å². The van der Waals surface area contributed by atoms with E-state index in [-0.39, 0.29) is 40.6 Å². The number of fused-ring (bicyclic) bond motifs is 7. The van der Waals surface area contributed by atoms with Crippen molar-refractivity contribution in [3.63, 3.8) is 0 Å². The largest absolute Gasteiger partial charge is 0.394 e. The molecule has 0 amide bonds. The van der Waals surface area contributed by atoms with Crippen LogP contribution in [0.2, 0.25) is 0 Å². The Hall–Kier alpha value is -1.18. The molecule has 13 N–H and O–H groups in total. The lowest BCUT2D eigenvalue weighted by Gasteiger charge is -2.62. The van der Waals surface area contributed by atoms with E-state index >= 15 is 0 Å². The monoisotopic (exact) mass is 1050 g/mol. The van der Waals surface area contributed by atoms with Crippen molar-refractivity contribution in [2.75, 3.05) is 33.0 Å². The molecule has 0 bridgehead atoms. The molecule has 10 rings (SSSR count). The summed E-state index contributed by atoms with van der Waals surface area (Å²) in [7, 11) is 0. The molecule has 0 aromatic heterocycles. The second kappa shape index (κ2) is 20.8. The first-order chi connectivity index (χ1) is 34.6. The van der Waals surface area contributed by atoms with E-state index in [1.807, 2.05) is 0 Å². The van der Waals surface area contributed by atoms with Crippen molar-refractivity contribution in [1.82, 2.24) is 0 Å². The van der Waals surface area contributed by atoms with Crippen molar-refractivity contribution in [2.45, 2.75) is 226 Å². The predicted octanol–water partition coefficient (Wildman–Crippen LogP) is -3.24. The van der Waals surface area contributed by atoms with Gasteiger partial charge in [0.2, 0.25) is 0 Å². The molecule has 23 nitrogen and oxygen atoms in total. The van der Waals surface area contributed by atoms with E-state index in [0.29, 0.717) is 38.2 Å². The number of rotatable bonds is 11. The Morgan fingerprint density at radius 3 is 1.93 bits per heavy atom. The maximum absolute atomic E-state index is 13.0. The van der Waals surface area contributed by atoms with E-state index in [2.05, 4.69) is 33.8 Å². The maximum atomic E-state index is 13.0. The molecule has 6 heterocycles. The van der Waals surface area contributed by atoms with Gasteiger partial charge in [-0.15, -0.1) is 0 Å². The van der Waals surface area contributed by atoms with Crippen molar-refractivity contribution < 1.29 is 114 Å². The van der Waals surface area contributed by atoms with Crippen molar-refractivity contribution in [3.8, 4) is 0 Å². The molecule has 0 unspecified atom stereocenters. The van der Waals surface area contributed by atoms with Gasteiger partial charge in [0.05, 0.1) is 50.8 Å². The van der Waals surface area contributed by atoms with Crippen LogP contribution in [0.4, 0.5) is 0 Å². The number of aliphatic hydroxyl groups excluding tert-OH is 12. The van der Waals surface area contributed by atoms with Gasteiger partial charge >= 0.3 is 0 Å². The second-order valence-corrected chi connectivity index (χ2v) is 23.6. The van der Waals surface area contributed by atoms with Crippen LogP contribution in [0.3, 0.4) is 0 Å². The summed E-state index contributed by atoms with van der Waals surface area (Å²) >= 11 is 0. The summed E-state index contributed by atoms with van der Waals surface area (Å²) < 4.78 is 61.1. The minimum absolute atomic E-state index is 0.0326. The van der Waals surface area contributed by atoms with E-state index in [0.717, 1.165) is 32.1 Å². The molecule has 23 heteroatoms. The van der Waals surface area contributed by atoms with E-state index in [1.54, 1.807) is 0 Å². The van der Waals surface area contributed by atoms with Gasteiger partial charge < -0.3 is 114 Å². The van der Waals surface area contributed by atoms with E-state index < -0.39 is 161 Å². The highest BCUT2D eigenvalue weighted by Crippen LogP contribution is 2.72. The third-order valence-electron chi connectivity index (χ3n) is 19.6. The molecule has 10 aliphatic rings. The first-order valence-electron chi connectivity index (χ1n) is 26.5. The molecule has 0 aromatic carbocycles. The van der Waals surface area contributed by atoms with Crippen molar-refractivity contribution >= 4 is 0 Å². The highest BCUT2D eigenvalue weighted by atomic mass is 16.8. The van der Waals surface area contributed by atoms with Crippen molar-refractivity contribution in [1.29, 1.82) is 0 Å². The molecular formula is C50H80O23. The molecule has 30 atom stereocenters. The smallest absolute Gasteiger partial charge is 0.187 e. The fourth-order valence-corrected chi connectivity index (χ4v) is 15.2. The Kier molecular flexibility index (Phi) is 15.7. The Morgan fingerprint density at radius 2 is 1.23 bits per heavy atom. The van der Waals surface area contributed by atoms with Crippen LogP contribution < -0.4 is 0 Å². The van der Waals surface area contributed by atoms with Gasteiger partial charge in [-0.25, -0.2) is 0 Å². The van der Waals surface area contributed by atoms with Crippen LogP contribution >= 0.6 is 0 Å². The molecule has 6 saturated heterocycles. The maximum Gasteiger partial charge on any atom is 0.187 e. The number of hydrogen-bond acceptors (Lipinski definition) is 23. The summed E-state index contributed by atoms with van der Waals surface area (Å²) in [4.78, 5) is 0. The predicted molar refractivity (Wildman–Crippen MR) is 244 cm³/mol. The molecule has 0 aromatic rings. The van der Waals surface area contributed by atoms with E-state index in [4.69, 9.17) is 47.4 Å². The number of hydrogen-bond donors (Lipinski definition) is 13. The van der Waals surface area contributed by atoms with Gasteiger partial charge in [0.15, 0.2) is 30.9 Å². The lowest BCUT2D eigenvalue weighted by atomic mass is 9.45. The minimum atomic E-state index is -2.01. The van der Waals surface area contributed by atoms with Crippen molar-refractivity contribution in [3.05, 3.63) is 11.6 Å². The summed E-state index contributed by atoms with van der Waals surface area (Å²) in [6.07, 6.45) is -24.8. The fraction of sp³-hybridized carbons (Fsp3) is 0.960. The summed E-state index contributed by atoms with van der Waals surface area (Å²) in [5, 5.41) is 142. The average molecular weight is 1050 g/mol. The summed E-state index contributed by atoms with van der Waals surface area (Å²) in [6.45, 7) is 6.66. The number of allylic oxidation sites excluding steroid dienone is 1. The number of aliphatic hydroxyl groups is 13. The topological polar surface area (TPSA) is 355 Å². The summed E-state index contributed by atoms with van der Waals surface area (Å²) in [5.41, 5.74) is -0.289. The lowest BCUT2D eigenvalue weighted by molar-refractivity contribution is -0.403. The Morgan fingerprint density at radius 1 is 0.603 bits per heavy atom. The highest BCUT2D eigenvalue weighted by molar-refractivity contribution is 5.30. The zero-order valence-corrected chi connectivity index (χ0v) is 41.9. The molecule has 418 valence electrons. The summed E-state index contributed by atoms with van der Waals surface area (Å²) in [6, 6.07) is 0. The highest BCUT2D eigenvalue weighted by Gasteiger charge is 2.74. The standard InChI is InChI=1S/C50H80O23/c1-20-7-12-50(65-18-20)21(2)31-27(73-50)14-49(63)25-6-5-22-13-23(8-10-47(22,3)24(25)9-11-48(31,49)4)66-44-39(62)36(59)40(30(17-53)69-44)70-46-42(72-45-38(61)35(58)33(56)28(15-51)67-45)41(34(57)29(16-52)68-46)71-43-37(60)32(55)26(54)19-64-43/h5,20-21,23-46,51-63H,6-19H2,1-4H3/t20-,21+,23+,24+,25-,26-,27+,28-,29-,30-,31+,32+,33-,34-,35+,36-,37-,38-,39-,40+,41+,42-,43+,44-,45+,46+,47+,48-,49-,50-/m1/s1. The normalized spacial score (nSPS) is 57.1. The molecule has 0 radical (unpaired) electrons. The lowest BCUT2D eigenvalue weighted by Crippen LogP contribution is -2.68. The summed E-state index contributed by atoms with van der Waals surface area (Å²) in [5.74, 6) is 0.488.